The van der Waals surface area contributed by atoms with E-state index < -0.39 is 0 Å². The lowest BCUT2D eigenvalue weighted by molar-refractivity contribution is -0.113. The molecule has 0 aliphatic rings. The van der Waals surface area contributed by atoms with Crippen LogP contribution in [0.1, 0.15) is 0 Å². The summed E-state index contributed by atoms with van der Waals surface area (Å²) in [6.45, 7) is 0. The minimum Gasteiger partial charge on any atom is -0.301 e. The van der Waals surface area contributed by atoms with E-state index in [0.29, 0.717) is 21.3 Å². The average molecular weight is 417 g/mol. The molecule has 0 aliphatic carbocycles. The highest BCUT2D eigenvalue weighted by atomic mass is 35.5. The Bertz CT molecular complexity index is 1030. The Morgan fingerprint density at radius 3 is 2.67 bits per heavy atom. The monoisotopic (exact) mass is 416 g/mol. The topological polar surface area (TPSA) is 77.6 Å². The molecule has 0 unspecified atom stereocenters. The van der Waals surface area contributed by atoms with Gasteiger partial charge in [0.15, 0.2) is 10.3 Å². The number of thiazole rings is 1. The minimum absolute atomic E-state index is 0.150. The van der Waals surface area contributed by atoms with Crippen molar-refractivity contribution in [2.75, 3.05) is 11.1 Å². The fraction of sp³-hybridized carbons (Fsp3) is 0.0588. The number of nitrogens with zero attached hydrogens (tertiary/aromatic N) is 5. The first-order valence-electron chi connectivity index (χ1n) is 7.87. The molecule has 0 saturated heterocycles. The lowest BCUT2D eigenvalue weighted by atomic mass is 10.3. The van der Waals surface area contributed by atoms with Gasteiger partial charge in [0, 0.05) is 29.0 Å². The number of benzene rings is 1. The van der Waals surface area contributed by atoms with E-state index in [1.165, 1.54) is 23.1 Å². The number of hydrogen-bond acceptors (Lipinski definition) is 6. The summed E-state index contributed by atoms with van der Waals surface area (Å²) in [6, 6.07) is 11.2. The van der Waals surface area contributed by atoms with Crippen LogP contribution >= 0.6 is 34.7 Å². The number of anilines is 1. The van der Waals surface area contributed by atoms with Gasteiger partial charge in [0.2, 0.25) is 11.9 Å². The second-order valence-corrected chi connectivity index (χ2v) is 7.63. The van der Waals surface area contributed by atoms with Gasteiger partial charge in [-0.25, -0.2) is 4.98 Å². The molecule has 3 aromatic heterocycles. The van der Waals surface area contributed by atoms with Crippen LogP contribution in [0, 0.1) is 0 Å². The Hall–Kier alpha value is -2.62. The van der Waals surface area contributed by atoms with Crippen molar-refractivity contribution in [1.29, 1.82) is 0 Å². The van der Waals surface area contributed by atoms with Gasteiger partial charge < -0.3 is 5.32 Å². The van der Waals surface area contributed by atoms with Crippen LogP contribution in [0.5, 0.6) is 0 Å². The third-order valence-corrected chi connectivity index (χ3v) is 5.42. The summed E-state index contributed by atoms with van der Waals surface area (Å²) in [4.78, 5) is 16.2. The van der Waals surface area contributed by atoms with Crippen LogP contribution in [-0.4, -0.2) is 36.0 Å². The lowest BCUT2D eigenvalue weighted by Gasteiger charge is -2.10. The standard InChI is InChI=1S/C17H13ClN6OS2/c18-12-3-5-13(6-4-12)24-16(23-8-1-2-9-23)21-22-17(24)27-11-14(25)20-15-19-7-10-26-15/h1-10H,11H2,(H,19,20,25). The SMILES string of the molecule is O=C(CSc1nnc(-n2cccc2)n1-c1ccc(Cl)cc1)Nc1nccs1. The molecule has 0 fully saturated rings. The van der Waals surface area contributed by atoms with Crippen LogP contribution in [0.4, 0.5) is 5.13 Å². The normalized spacial score (nSPS) is 10.9. The Morgan fingerprint density at radius 1 is 1.19 bits per heavy atom. The van der Waals surface area contributed by atoms with E-state index in [-0.39, 0.29) is 11.7 Å². The summed E-state index contributed by atoms with van der Waals surface area (Å²) < 4.78 is 3.75. The summed E-state index contributed by atoms with van der Waals surface area (Å²) in [6.07, 6.45) is 5.42. The zero-order valence-corrected chi connectivity index (χ0v) is 16.2. The van der Waals surface area contributed by atoms with Gasteiger partial charge in [-0.1, -0.05) is 23.4 Å². The molecule has 0 atom stereocenters. The highest BCUT2D eigenvalue weighted by Crippen LogP contribution is 2.25. The summed E-state index contributed by atoms with van der Waals surface area (Å²) in [7, 11) is 0. The molecular formula is C17H13ClN6OS2. The number of carbonyl (C=O) groups is 1. The quantitative estimate of drug-likeness (QED) is 0.482. The molecule has 7 nitrogen and oxygen atoms in total. The van der Waals surface area contributed by atoms with Crippen molar-refractivity contribution >= 4 is 45.7 Å². The Labute approximate surface area is 168 Å². The maximum Gasteiger partial charge on any atom is 0.240 e. The maximum atomic E-state index is 12.2. The molecule has 0 radical (unpaired) electrons. The first-order valence-corrected chi connectivity index (χ1v) is 10.1. The van der Waals surface area contributed by atoms with E-state index in [1.807, 2.05) is 51.2 Å². The van der Waals surface area contributed by atoms with Gasteiger partial charge in [-0.3, -0.25) is 13.9 Å². The zero-order valence-electron chi connectivity index (χ0n) is 13.8. The average Bonchev–Trinajstić information content (AvgIpc) is 3.42. The molecule has 10 heteroatoms. The molecule has 0 spiro atoms. The van der Waals surface area contributed by atoms with Crippen molar-refractivity contribution in [2.24, 2.45) is 0 Å². The third-order valence-electron chi connectivity index (χ3n) is 3.55. The Kier molecular flexibility index (Phi) is 5.23. The van der Waals surface area contributed by atoms with E-state index in [0.717, 1.165) is 5.69 Å². The molecule has 1 amide bonds. The summed E-state index contributed by atoms with van der Waals surface area (Å²) in [5.41, 5.74) is 0.857. The van der Waals surface area contributed by atoms with E-state index in [9.17, 15) is 4.79 Å². The number of hydrogen-bond donors (Lipinski definition) is 1. The predicted molar refractivity (Wildman–Crippen MR) is 107 cm³/mol. The molecule has 4 rings (SSSR count). The van der Waals surface area contributed by atoms with Gasteiger partial charge in [0.25, 0.3) is 0 Å². The molecular weight excluding hydrogens is 404 g/mol. The van der Waals surface area contributed by atoms with Crippen LogP contribution in [0.25, 0.3) is 11.6 Å². The van der Waals surface area contributed by atoms with Gasteiger partial charge in [-0.2, -0.15) is 0 Å². The maximum absolute atomic E-state index is 12.2. The number of carbonyl (C=O) groups excluding carboxylic acids is 1. The number of aromatic nitrogens is 5. The Morgan fingerprint density at radius 2 is 1.96 bits per heavy atom. The smallest absolute Gasteiger partial charge is 0.240 e. The molecule has 0 saturated carbocycles. The minimum atomic E-state index is -0.150. The number of amides is 1. The molecule has 4 aromatic rings. The number of halogens is 1. The molecule has 3 heterocycles. The second kappa shape index (κ2) is 7.95. The summed E-state index contributed by atoms with van der Waals surface area (Å²) in [5.74, 6) is 0.671. The van der Waals surface area contributed by atoms with Gasteiger partial charge >= 0.3 is 0 Å². The van der Waals surface area contributed by atoms with Gasteiger partial charge in [0.05, 0.1) is 11.4 Å². The molecule has 1 aromatic carbocycles. The first kappa shape index (κ1) is 17.8. The van der Waals surface area contributed by atoms with Crippen molar-refractivity contribution in [1.82, 2.24) is 24.3 Å². The Balaban J connectivity index is 1.60. The van der Waals surface area contributed by atoms with Crippen molar-refractivity contribution < 1.29 is 4.79 Å². The van der Waals surface area contributed by atoms with Crippen molar-refractivity contribution in [2.45, 2.75) is 5.16 Å². The van der Waals surface area contributed by atoms with Crippen LogP contribution in [-0.2, 0) is 4.79 Å². The van der Waals surface area contributed by atoms with Gasteiger partial charge in [-0.05, 0) is 36.4 Å². The van der Waals surface area contributed by atoms with E-state index in [2.05, 4.69) is 20.5 Å². The molecule has 0 bridgehead atoms. The zero-order chi connectivity index (χ0) is 18.6. The highest BCUT2D eigenvalue weighted by molar-refractivity contribution is 7.99. The van der Waals surface area contributed by atoms with Gasteiger partial charge in [-0.15, -0.1) is 21.5 Å². The summed E-state index contributed by atoms with van der Waals surface area (Å²) >= 11 is 8.69. The number of thioether (sulfide) groups is 1. The van der Waals surface area contributed by atoms with E-state index in [1.54, 1.807) is 18.3 Å². The lowest BCUT2D eigenvalue weighted by Crippen LogP contribution is -2.14. The fourth-order valence-corrected chi connectivity index (χ4v) is 3.80. The van der Waals surface area contributed by atoms with E-state index >= 15 is 0 Å². The predicted octanol–water partition coefficient (Wildman–Crippen LogP) is 3.90. The van der Waals surface area contributed by atoms with Crippen LogP contribution < -0.4 is 5.32 Å². The largest absolute Gasteiger partial charge is 0.301 e. The molecule has 1 N–H and O–H groups in total. The second-order valence-electron chi connectivity index (χ2n) is 5.36. The summed E-state index contributed by atoms with van der Waals surface area (Å²) in [5, 5.41) is 15.0. The molecule has 136 valence electrons. The fourth-order valence-electron chi connectivity index (χ4n) is 2.38. The van der Waals surface area contributed by atoms with Crippen molar-refractivity contribution in [3.63, 3.8) is 0 Å². The van der Waals surface area contributed by atoms with E-state index in [4.69, 9.17) is 11.6 Å². The van der Waals surface area contributed by atoms with Gasteiger partial charge in [0.1, 0.15) is 0 Å². The third kappa shape index (κ3) is 4.05. The first-order chi connectivity index (χ1) is 13.2. The molecule has 0 aliphatic heterocycles. The molecule has 27 heavy (non-hydrogen) atoms. The number of rotatable bonds is 6. The van der Waals surface area contributed by atoms with Crippen LogP contribution in [0.15, 0.2) is 65.5 Å². The number of nitrogens with one attached hydrogen (secondary N) is 1. The van der Waals surface area contributed by atoms with Crippen LogP contribution in [0.2, 0.25) is 5.02 Å². The van der Waals surface area contributed by atoms with Crippen LogP contribution in [0.3, 0.4) is 0 Å². The van der Waals surface area contributed by atoms with Crippen molar-refractivity contribution in [3.8, 4) is 11.6 Å². The highest BCUT2D eigenvalue weighted by Gasteiger charge is 2.17. The van der Waals surface area contributed by atoms with Crippen molar-refractivity contribution in [3.05, 3.63) is 65.4 Å².